The Bertz CT molecular complexity index is 1410. The van der Waals surface area contributed by atoms with Gasteiger partial charge in [0.25, 0.3) is 0 Å². The number of halogens is 1. The summed E-state index contributed by atoms with van der Waals surface area (Å²) in [7, 11) is -3.27. The van der Waals surface area contributed by atoms with Crippen LogP contribution >= 0.6 is 0 Å². The van der Waals surface area contributed by atoms with Crippen molar-refractivity contribution in [2.24, 2.45) is 0 Å². The standard InChI is InChI=1S/C27H22NO2.ClHO4/c1-29-22-14-11-21(12-15-22)26-17-25(28-18-19-7-3-2-4-8-19)24-16-13-20-9-5-6-10-23(20)27(24)30-26;2-1(3,4)5/h2-17,28H,18H2,1H3;(H,2,3,4,5)/q+1;/p-1. The Morgan fingerprint density at radius 3 is 2.11 bits per heavy atom. The summed E-state index contributed by atoms with van der Waals surface area (Å²) in [6.07, 6.45) is 0. The van der Waals surface area contributed by atoms with Crippen LogP contribution in [0.2, 0.25) is 0 Å². The lowest BCUT2D eigenvalue weighted by atomic mass is 10.0. The van der Waals surface area contributed by atoms with Gasteiger partial charge in [-0.15, -0.1) is 10.2 Å². The van der Waals surface area contributed by atoms with Crippen molar-refractivity contribution in [3.63, 3.8) is 0 Å². The highest BCUT2D eigenvalue weighted by atomic mass is 35.7. The molecule has 0 aliphatic carbocycles. The first kappa shape index (κ1) is 24.4. The number of benzene rings is 4. The minimum absolute atomic E-state index is 0.745. The van der Waals surface area contributed by atoms with E-state index in [0.717, 1.165) is 51.0 Å². The van der Waals surface area contributed by atoms with Gasteiger partial charge >= 0.3 is 11.3 Å². The highest BCUT2D eigenvalue weighted by molar-refractivity contribution is 6.08. The van der Waals surface area contributed by atoms with Crippen LogP contribution in [0.3, 0.4) is 0 Å². The summed E-state index contributed by atoms with van der Waals surface area (Å²) < 4.78 is 45.7. The van der Waals surface area contributed by atoms with Gasteiger partial charge in [-0.05, 0) is 47.3 Å². The molecule has 1 heterocycles. The summed E-state index contributed by atoms with van der Waals surface area (Å²) in [5, 5.41) is 6.95. The van der Waals surface area contributed by atoms with Crippen molar-refractivity contribution in [3.05, 3.63) is 103 Å². The van der Waals surface area contributed by atoms with Crippen LogP contribution in [-0.4, -0.2) is 7.11 Å². The van der Waals surface area contributed by atoms with E-state index in [1.165, 1.54) is 5.56 Å². The van der Waals surface area contributed by atoms with Crippen LogP contribution in [0.5, 0.6) is 5.75 Å². The molecule has 0 aliphatic heterocycles. The SMILES string of the molecule is COc1ccc(-c2cc(NCc3ccccc3)c3ccc4ccccc4c3[o+]2)cc1.[O-][Cl+3]([O-])([O-])[O-]. The lowest BCUT2D eigenvalue weighted by molar-refractivity contribution is -2.00. The minimum Gasteiger partial charge on any atom is -0.497 e. The largest absolute Gasteiger partial charge is 0.497 e. The average molecular weight is 492 g/mol. The molecule has 0 atom stereocenters. The average Bonchev–Trinajstić information content (AvgIpc) is 2.86. The topological polar surface area (TPSA) is 125 Å². The molecule has 1 aromatic heterocycles. The quantitative estimate of drug-likeness (QED) is 0.295. The number of fused-ring (bicyclic) bond motifs is 3. The van der Waals surface area contributed by atoms with E-state index in [1.54, 1.807) is 7.11 Å². The van der Waals surface area contributed by atoms with E-state index >= 15 is 0 Å². The maximum atomic E-state index is 8.49. The zero-order valence-corrected chi connectivity index (χ0v) is 19.5. The van der Waals surface area contributed by atoms with Crippen molar-refractivity contribution in [1.29, 1.82) is 0 Å². The molecule has 5 aromatic rings. The molecule has 7 nitrogen and oxygen atoms in total. The highest BCUT2D eigenvalue weighted by Crippen LogP contribution is 2.36. The van der Waals surface area contributed by atoms with Gasteiger partial charge in [0.05, 0.1) is 29.8 Å². The second-order valence-electron chi connectivity index (χ2n) is 7.63. The van der Waals surface area contributed by atoms with Crippen molar-refractivity contribution in [1.82, 2.24) is 0 Å². The fraction of sp³-hybridized carbons (Fsp3) is 0.0741. The summed E-state index contributed by atoms with van der Waals surface area (Å²) in [4.78, 5) is 0. The second kappa shape index (κ2) is 10.7. The number of ether oxygens (including phenoxy) is 1. The Morgan fingerprint density at radius 1 is 0.771 bits per heavy atom. The number of hydrogen-bond acceptors (Lipinski definition) is 6. The molecule has 1 N–H and O–H groups in total. The fourth-order valence-electron chi connectivity index (χ4n) is 3.75. The van der Waals surface area contributed by atoms with Gasteiger partial charge in [-0.25, -0.2) is 23.1 Å². The Hall–Kier alpha value is -3.72. The number of nitrogens with one attached hydrogen (secondary N) is 1. The molecule has 0 spiro atoms. The van der Waals surface area contributed by atoms with Gasteiger partial charge < -0.3 is 10.1 Å². The van der Waals surface area contributed by atoms with E-state index in [4.69, 9.17) is 27.8 Å². The molecule has 0 amide bonds. The Labute approximate surface area is 204 Å². The Kier molecular flexibility index (Phi) is 7.45. The summed E-state index contributed by atoms with van der Waals surface area (Å²) in [6, 6.07) is 33.1. The molecule has 35 heavy (non-hydrogen) atoms. The monoisotopic (exact) mass is 491 g/mol. The number of methoxy groups -OCH3 is 1. The first-order valence-electron chi connectivity index (χ1n) is 10.6. The maximum absolute atomic E-state index is 8.49. The van der Waals surface area contributed by atoms with Crippen LogP contribution in [0.25, 0.3) is 33.1 Å². The Morgan fingerprint density at radius 2 is 1.43 bits per heavy atom. The molecule has 0 unspecified atom stereocenters. The normalized spacial score (nSPS) is 11.1. The Balaban J connectivity index is 0.000000527. The van der Waals surface area contributed by atoms with Gasteiger partial charge in [-0.2, -0.15) is 0 Å². The highest BCUT2D eigenvalue weighted by Gasteiger charge is 2.21. The molecule has 4 aromatic carbocycles. The second-order valence-corrected chi connectivity index (χ2v) is 8.39. The number of rotatable bonds is 5. The van der Waals surface area contributed by atoms with E-state index < -0.39 is 10.2 Å². The maximum Gasteiger partial charge on any atom is 0.370 e. The summed E-state index contributed by atoms with van der Waals surface area (Å²) in [6.45, 7) is 0.745. The molecule has 5 rings (SSSR count). The minimum atomic E-state index is -4.94. The lowest BCUT2D eigenvalue weighted by Gasteiger charge is -2.17. The van der Waals surface area contributed by atoms with E-state index in [-0.39, 0.29) is 0 Å². The molecule has 0 saturated carbocycles. The fourth-order valence-corrected chi connectivity index (χ4v) is 3.75. The van der Waals surface area contributed by atoms with E-state index in [2.05, 4.69) is 72.0 Å². The zero-order chi connectivity index (χ0) is 24.8. The van der Waals surface area contributed by atoms with Crippen molar-refractivity contribution >= 4 is 27.4 Å². The van der Waals surface area contributed by atoms with Gasteiger partial charge in [-0.3, -0.25) is 0 Å². The van der Waals surface area contributed by atoms with Crippen molar-refractivity contribution in [3.8, 4) is 17.1 Å². The first-order chi connectivity index (χ1) is 16.8. The molecule has 178 valence electrons. The predicted molar refractivity (Wildman–Crippen MR) is 124 cm³/mol. The van der Waals surface area contributed by atoms with Crippen molar-refractivity contribution < 1.29 is 38.0 Å². The number of hydrogen-bond donors (Lipinski definition) is 1. The van der Waals surface area contributed by atoms with Crippen LogP contribution in [0.4, 0.5) is 5.69 Å². The molecule has 0 aliphatic rings. The molecule has 0 saturated heterocycles. The van der Waals surface area contributed by atoms with Crippen molar-refractivity contribution in [2.45, 2.75) is 6.54 Å². The third kappa shape index (κ3) is 6.45. The van der Waals surface area contributed by atoms with E-state index in [0.29, 0.717) is 0 Å². The van der Waals surface area contributed by atoms with Crippen LogP contribution in [0, 0.1) is 10.2 Å². The van der Waals surface area contributed by atoms with E-state index in [1.807, 2.05) is 30.3 Å². The molecule has 0 fully saturated rings. The van der Waals surface area contributed by atoms with Crippen LogP contribution in [-0.2, 0) is 6.54 Å². The number of anilines is 1. The van der Waals surface area contributed by atoms with Crippen LogP contribution in [0.1, 0.15) is 5.56 Å². The van der Waals surface area contributed by atoms with E-state index in [9.17, 15) is 0 Å². The molecular weight excluding hydrogens is 470 g/mol. The summed E-state index contributed by atoms with van der Waals surface area (Å²) in [5.74, 6) is 1.64. The molecule has 8 heteroatoms. The van der Waals surface area contributed by atoms with Crippen LogP contribution in [0.15, 0.2) is 101 Å². The smallest absolute Gasteiger partial charge is 0.370 e. The van der Waals surface area contributed by atoms with Gasteiger partial charge in [0.2, 0.25) is 0 Å². The predicted octanol–water partition coefficient (Wildman–Crippen LogP) is 2.40. The third-order valence-corrected chi connectivity index (χ3v) is 5.36. The van der Waals surface area contributed by atoms with Gasteiger partial charge in [0.15, 0.2) is 0 Å². The molecular formula is C27H22ClNO6. The first-order valence-corrected chi connectivity index (χ1v) is 11.9. The van der Waals surface area contributed by atoms with Gasteiger partial charge in [0.1, 0.15) is 11.1 Å². The third-order valence-electron chi connectivity index (χ3n) is 5.36. The lowest BCUT2D eigenvalue weighted by Crippen LogP contribution is -2.68. The zero-order valence-electron chi connectivity index (χ0n) is 18.8. The van der Waals surface area contributed by atoms with Crippen LogP contribution < -0.4 is 28.7 Å². The molecule has 0 radical (unpaired) electrons. The van der Waals surface area contributed by atoms with Crippen molar-refractivity contribution in [2.75, 3.05) is 12.4 Å². The summed E-state index contributed by atoms with van der Waals surface area (Å²) >= 11 is 0. The van der Waals surface area contributed by atoms with Gasteiger partial charge in [0, 0.05) is 6.54 Å². The van der Waals surface area contributed by atoms with Gasteiger partial charge in [-0.1, -0.05) is 54.6 Å². The molecule has 0 bridgehead atoms. The summed E-state index contributed by atoms with van der Waals surface area (Å²) in [5.41, 5.74) is 4.18.